The van der Waals surface area contributed by atoms with Gasteiger partial charge in [-0.25, -0.2) is 9.07 Å². The number of hydrogen-bond acceptors (Lipinski definition) is 2. The zero-order valence-electron chi connectivity index (χ0n) is 9.89. The van der Waals surface area contributed by atoms with Gasteiger partial charge in [0.05, 0.1) is 16.9 Å². The van der Waals surface area contributed by atoms with Crippen LogP contribution in [0.2, 0.25) is 0 Å². The van der Waals surface area contributed by atoms with Crippen LogP contribution in [0.1, 0.15) is 5.69 Å². The van der Waals surface area contributed by atoms with Gasteiger partial charge in [-0.1, -0.05) is 6.07 Å². The van der Waals surface area contributed by atoms with E-state index in [1.165, 1.54) is 12.1 Å². The molecule has 90 valence electrons. The van der Waals surface area contributed by atoms with Gasteiger partial charge in [-0.3, -0.25) is 0 Å². The van der Waals surface area contributed by atoms with Gasteiger partial charge in [0.15, 0.2) is 0 Å². The van der Waals surface area contributed by atoms with Crippen LogP contribution in [0.5, 0.6) is 0 Å². The fourth-order valence-corrected chi connectivity index (χ4v) is 2.09. The average molecular weight is 241 g/mol. The molecule has 3 nitrogen and oxygen atoms in total. The van der Waals surface area contributed by atoms with Crippen LogP contribution in [0, 0.1) is 12.7 Å². The molecule has 0 radical (unpaired) electrons. The van der Waals surface area contributed by atoms with Crippen LogP contribution < -0.4 is 5.73 Å². The minimum atomic E-state index is -0.274. The Labute approximate surface area is 104 Å². The number of halogens is 1. The predicted octanol–water partition coefficient (Wildman–Crippen LogP) is 3.06. The normalized spacial score (nSPS) is 11.0. The average Bonchev–Trinajstić information content (AvgIpc) is 2.67. The molecule has 0 aliphatic rings. The maximum absolute atomic E-state index is 13.3. The summed E-state index contributed by atoms with van der Waals surface area (Å²) < 4.78 is 15.0. The van der Waals surface area contributed by atoms with E-state index in [2.05, 4.69) is 5.10 Å². The van der Waals surface area contributed by atoms with Crippen molar-refractivity contribution in [2.45, 2.75) is 6.92 Å². The Morgan fingerprint density at radius 1 is 1.17 bits per heavy atom. The Kier molecular flexibility index (Phi) is 2.30. The van der Waals surface area contributed by atoms with Crippen molar-refractivity contribution in [1.82, 2.24) is 9.78 Å². The molecule has 0 fully saturated rings. The summed E-state index contributed by atoms with van der Waals surface area (Å²) in [7, 11) is 0. The first-order chi connectivity index (χ1) is 8.65. The fourth-order valence-electron chi connectivity index (χ4n) is 2.09. The van der Waals surface area contributed by atoms with Crippen LogP contribution >= 0.6 is 0 Å². The van der Waals surface area contributed by atoms with Crippen molar-refractivity contribution in [2.75, 3.05) is 5.73 Å². The van der Waals surface area contributed by atoms with Crippen molar-refractivity contribution < 1.29 is 4.39 Å². The second kappa shape index (κ2) is 3.84. The number of anilines is 1. The van der Waals surface area contributed by atoms with E-state index >= 15 is 0 Å². The third kappa shape index (κ3) is 1.62. The predicted molar refractivity (Wildman–Crippen MR) is 70.2 cm³/mol. The minimum Gasteiger partial charge on any atom is -0.399 e. The molecule has 0 atom stereocenters. The van der Waals surface area contributed by atoms with Crippen LogP contribution in [0.3, 0.4) is 0 Å². The van der Waals surface area contributed by atoms with Crippen molar-refractivity contribution >= 4 is 16.6 Å². The van der Waals surface area contributed by atoms with Gasteiger partial charge in [-0.15, -0.1) is 0 Å². The molecule has 2 aromatic carbocycles. The zero-order valence-corrected chi connectivity index (χ0v) is 9.89. The molecule has 3 rings (SSSR count). The number of aryl methyl sites for hydroxylation is 1. The van der Waals surface area contributed by atoms with Gasteiger partial charge in [-0.05, 0) is 43.3 Å². The first kappa shape index (κ1) is 10.8. The molecule has 0 unspecified atom stereocenters. The van der Waals surface area contributed by atoms with E-state index in [0.29, 0.717) is 11.4 Å². The van der Waals surface area contributed by atoms with E-state index in [1.54, 1.807) is 10.7 Å². The number of nitrogens with two attached hydrogens (primary N) is 1. The third-order valence-corrected chi connectivity index (χ3v) is 2.94. The molecular formula is C14H12FN3. The summed E-state index contributed by atoms with van der Waals surface area (Å²) >= 11 is 0. The summed E-state index contributed by atoms with van der Waals surface area (Å²) in [4.78, 5) is 0. The van der Waals surface area contributed by atoms with Crippen molar-refractivity contribution in [3.05, 3.63) is 54.0 Å². The van der Waals surface area contributed by atoms with Gasteiger partial charge in [0, 0.05) is 11.1 Å². The highest BCUT2D eigenvalue weighted by atomic mass is 19.1. The van der Waals surface area contributed by atoms with Crippen molar-refractivity contribution in [3.8, 4) is 5.69 Å². The van der Waals surface area contributed by atoms with Gasteiger partial charge in [-0.2, -0.15) is 5.10 Å². The van der Waals surface area contributed by atoms with Gasteiger partial charge in [0.25, 0.3) is 0 Å². The van der Waals surface area contributed by atoms with Gasteiger partial charge in [0.2, 0.25) is 0 Å². The Morgan fingerprint density at radius 2 is 2.00 bits per heavy atom. The first-order valence-electron chi connectivity index (χ1n) is 5.66. The highest BCUT2D eigenvalue weighted by Gasteiger charge is 2.09. The molecule has 4 heteroatoms. The molecular weight excluding hydrogens is 229 g/mol. The first-order valence-corrected chi connectivity index (χ1v) is 5.66. The number of hydrogen-bond donors (Lipinski definition) is 1. The van der Waals surface area contributed by atoms with E-state index in [4.69, 9.17) is 5.73 Å². The second-order valence-corrected chi connectivity index (χ2v) is 4.25. The number of fused-ring (bicyclic) bond motifs is 1. The summed E-state index contributed by atoms with van der Waals surface area (Å²) in [5.41, 5.74) is 8.97. The number of rotatable bonds is 1. The molecule has 3 aromatic rings. The van der Waals surface area contributed by atoms with Crippen molar-refractivity contribution in [1.29, 1.82) is 0 Å². The Morgan fingerprint density at radius 3 is 2.78 bits per heavy atom. The van der Waals surface area contributed by atoms with E-state index in [9.17, 15) is 4.39 Å². The molecule has 0 spiro atoms. The van der Waals surface area contributed by atoms with Crippen molar-refractivity contribution in [2.24, 2.45) is 0 Å². The van der Waals surface area contributed by atoms with E-state index in [0.717, 1.165) is 16.6 Å². The minimum absolute atomic E-state index is 0.274. The highest BCUT2D eigenvalue weighted by Crippen LogP contribution is 2.24. The van der Waals surface area contributed by atoms with Crippen LogP contribution in [0.25, 0.3) is 16.6 Å². The number of aromatic nitrogens is 2. The quantitative estimate of drug-likeness (QED) is 0.665. The van der Waals surface area contributed by atoms with Gasteiger partial charge in [0.1, 0.15) is 5.82 Å². The summed E-state index contributed by atoms with van der Waals surface area (Å²) in [6.07, 6.45) is 0. The van der Waals surface area contributed by atoms with Gasteiger partial charge >= 0.3 is 0 Å². The number of nitrogens with zero attached hydrogens (tertiary/aromatic N) is 2. The van der Waals surface area contributed by atoms with E-state index in [1.807, 2.05) is 31.2 Å². The summed E-state index contributed by atoms with van der Waals surface area (Å²) in [6.45, 7) is 1.91. The van der Waals surface area contributed by atoms with Crippen LogP contribution in [0.4, 0.5) is 10.1 Å². The monoisotopic (exact) mass is 241 g/mol. The Balaban J connectivity index is 2.30. The lowest BCUT2D eigenvalue weighted by atomic mass is 10.2. The molecule has 1 heterocycles. The fraction of sp³-hybridized carbons (Fsp3) is 0.0714. The van der Waals surface area contributed by atoms with Gasteiger partial charge < -0.3 is 5.73 Å². The molecule has 0 aliphatic heterocycles. The lowest BCUT2D eigenvalue weighted by molar-refractivity contribution is 0.625. The number of benzene rings is 2. The maximum atomic E-state index is 13.3. The summed E-state index contributed by atoms with van der Waals surface area (Å²) in [5, 5.41) is 5.42. The standard InChI is InChI=1S/C14H12FN3/c1-9-13-8-11(16)5-6-14(13)18(17-9)12-4-2-3-10(15)7-12/h2-8H,16H2,1H3. The SMILES string of the molecule is Cc1nn(-c2cccc(F)c2)c2ccc(N)cc12. The Bertz CT molecular complexity index is 731. The highest BCUT2D eigenvalue weighted by molar-refractivity contribution is 5.86. The molecule has 0 bridgehead atoms. The van der Waals surface area contributed by atoms with E-state index in [-0.39, 0.29) is 5.82 Å². The largest absolute Gasteiger partial charge is 0.399 e. The summed E-state index contributed by atoms with van der Waals surface area (Å²) in [6, 6.07) is 12.0. The number of nitrogen functional groups attached to an aromatic ring is 1. The lowest BCUT2D eigenvalue weighted by Gasteiger charge is -2.03. The maximum Gasteiger partial charge on any atom is 0.125 e. The molecule has 0 amide bonds. The molecule has 0 saturated carbocycles. The van der Waals surface area contributed by atoms with E-state index < -0.39 is 0 Å². The molecule has 1 aromatic heterocycles. The zero-order chi connectivity index (χ0) is 12.7. The van der Waals surface area contributed by atoms with Crippen molar-refractivity contribution in [3.63, 3.8) is 0 Å². The van der Waals surface area contributed by atoms with Crippen LogP contribution in [-0.2, 0) is 0 Å². The smallest absolute Gasteiger partial charge is 0.125 e. The van der Waals surface area contributed by atoms with Crippen LogP contribution in [0.15, 0.2) is 42.5 Å². The molecule has 18 heavy (non-hydrogen) atoms. The second-order valence-electron chi connectivity index (χ2n) is 4.25. The lowest BCUT2D eigenvalue weighted by Crippen LogP contribution is -1.96. The molecule has 0 aliphatic carbocycles. The van der Waals surface area contributed by atoms with Crippen LogP contribution in [-0.4, -0.2) is 9.78 Å². The molecule has 2 N–H and O–H groups in total. The topological polar surface area (TPSA) is 43.8 Å². The summed E-state index contributed by atoms with van der Waals surface area (Å²) in [5.74, 6) is -0.274. The Hall–Kier alpha value is -2.36. The molecule has 0 saturated heterocycles. The third-order valence-electron chi connectivity index (χ3n) is 2.94.